The molecular weight excluding hydrogens is 467 g/mol. The van der Waals surface area contributed by atoms with E-state index in [0.29, 0.717) is 0 Å². The third-order valence-corrected chi connectivity index (χ3v) is 9.38. The second-order valence-corrected chi connectivity index (χ2v) is 11.3. The maximum absolute atomic E-state index is 2.67. The molecule has 2 aromatic heterocycles. The summed E-state index contributed by atoms with van der Waals surface area (Å²) in [6.45, 7) is 2.35. The van der Waals surface area contributed by atoms with Crippen molar-refractivity contribution < 1.29 is 0 Å². The molecule has 4 heterocycles. The van der Waals surface area contributed by atoms with Crippen molar-refractivity contribution in [2.75, 3.05) is 4.90 Å². The molecule has 0 bridgehead atoms. The maximum atomic E-state index is 2.67. The van der Waals surface area contributed by atoms with Crippen molar-refractivity contribution >= 4 is 77.4 Å². The first-order chi connectivity index (χ1) is 18.3. The van der Waals surface area contributed by atoms with Crippen LogP contribution in [0.1, 0.15) is 5.56 Å². The Morgan fingerprint density at radius 3 is 2.35 bits per heavy atom. The van der Waals surface area contributed by atoms with E-state index >= 15 is 0 Å². The highest BCUT2D eigenvalue weighted by Crippen LogP contribution is 2.48. The molecule has 37 heavy (non-hydrogen) atoms. The zero-order valence-corrected chi connectivity index (χ0v) is 21.1. The molecule has 2 aliphatic heterocycles. The highest BCUT2D eigenvalue weighted by atomic mass is 32.1. The van der Waals surface area contributed by atoms with Crippen LogP contribution in [-0.4, -0.2) is 11.3 Å². The summed E-state index contributed by atoms with van der Waals surface area (Å²) in [6.07, 6.45) is 0. The minimum Gasteiger partial charge on any atom is -0.374 e. The van der Waals surface area contributed by atoms with Gasteiger partial charge in [0.15, 0.2) is 0 Å². The van der Waals surface area contributed by atoms with E-state index in [1.807, 2.05) is 11.3 Å². The van der Waals surface area contributed by atoms with E-state index in [9.17, 15) is 0 Å². The van der Waals surface area contributed by atoms with Crippen LogP contribution >= 0.6 is 11.3 Å². The molecule has 172 valence electrons. The van der Waals surface area contributed by atoms with Crippen molar-refractivity contribution in [3.63, 3.8) is 0 Å². The van der Waals surface area contributed by atoms with Gasteiger partial charge in [0.1, 0.15) is 0 Å². The van der Waals surface area contributed by atoms with Crippen molar-refractivity contribution in [2.24, 2.45) is 0 Å². The van der Waals surface area contributed by atoms with Crippen molar-refractivity contribution in [2.45, 2.75) is 6.92 Å². The fourth-order valence-electron chi connectivity index (χ4n) is 6.83. The smallest absolute Gasteiger partial charge is 0.333 e. The first kappa shape index (κ1) is 19.9. The number of para-hydroxylation sites is 3. The van der Waals surface area contributed by atoms with E-state index in [2.05, 4.69) is 125 Å². The molecular formula is C33H21BN2S. The summed E-state index contributed by atoms with van der Waals surface area (Å²) in [4.78, 5) is 2.47. The van der Waals surface area contributed by atoms with E-state index < -0.39 is 0 Å². The van der Waals surface area contributed by atoms with Gasteiger partial charge in [-0.1, -0.05) is 78.9 Å². The molecule has 9 rings (SSSR count). The normalized spacial score (nSPS) is 13.4. The fourth-order valence-corrected chi connectivity index (χ4v) is 8.05. The molecule has 5 aromatic carbocycles. The summed E-state index contributed by atoms with van der Waals surface area (Å²) in [5.74, 6) is 0. The molecule has 2 nitrogen and oxygen atoms in total. The average molecular weight is 488 g/mol. The van der Waals surface area contributed by atoms with Crippen molar-refractivity contribution in [3.05, 3.63) is 115 Å². The van der Waals surface area contributed by atoms with E-state index in [-0.39, 0.29) is 6.85 Å². The van der Waals surface area contributed by atoms with Gasteiger partial charge in [-0.2, -0.15) is 0 Å². The lowest BCUT2D eigenvalue weighted by Crippen LogP contribution is -2.56. The Balaban J connectivity index is 1.51. The molecule has 0 radical (unpaired) electrons. The van der Waals surface area contributed by atoms with Gasteiger partial charge in [-0.05, 0) is 59.3 Å². The molecule has 0 spiro atoms. The zero-order valence-electron chi connectivity index (χ0n) is 20.3. The number of thiophene rings is 1. The first-order valence-electron chi connectivity index (χ1n) is 12.8. The van der Waals surface area contributed by atoms with Crippen molar-refractivity contribution in [1.29, 1.82) is 0 Å². The largest absolute Gasteiger partial charge is 0.374 e. The number of hydrogen-bond acceptors (Lipinski definition) is 2. The lowest BCUT2D eigenvalue weighted by molar-refractivity contribution is 1.25. The molecule has 0 aliphatic carbocycles. The predicted octanol–water partition coefficient (Wildman–Crippen LogP) is 7.74. The molecule has 0 atom stereocenters. The van der Waals surface area contributed by atoms with E-state index in [4.69, 9.17) is 0 Å². The second-order valence-electron chi connectivity index (χ2n) is 10.2. The zero-order chi connectivity index (χ0) is 24.2. The number of nitrogens with zero attached hydrogens (tertiary/aromatic N) is 2. The minimum absolute atomic E-state index is 0.120. The highest BCUT2D eigenvalue weighted by Gasteiger charge is 2.42. The first-order valence-corrected chi connectivity index (χ1v) is 13.6. The summed E-state index contributed by atoms with van der Waals surface area (Å²) >= 11 is 1.93. The van der Waals surface area contributed by atoms with Gasteiger partial charge in [0.25, 0.3) is 0 Å². The summed E-state index contributed by atoms with van der Waals surface area (Å²) < 4.78 is 5.42. The van der Waals surface area contributed by atoms with Gasteiger partial charge in [-0.3, -0.25) is 0 Å². The van der Waals surface area contributed by atoms with Gasteiger partial charge < -0.3 is 9.38 Å². The Hall–Kier alpha value is -4.28. The molecule has 0 fully saturated rings. The van der Waals surface area contributed by atoms with Crippen LogP contribution in [0, 0.1) is 6.92 Å². The molecule has 2 aliphatic rings. The number of aromatic nitrogens is 1. The Morgan fingerprint density at radius 1 is 0.649 bits per heavy atom. The quantitative estimate of drug-likeness (QED) is 0.215. The summed E-state index contributed by atoms with van der Waals surface area (Å²) in [7, 11) is 0. The van der Waals surface area contributed by atoms with Gasteiger partial charge in [-0.15, -0.1) is 11.3 Å². The van der Waals surface area contributed by atoms with E-state index in [0.717, 1.165) is 0 Å². The van der Waals surface area contributed by atoms with Crippen LogP contribution < -0.4 is 15.8 Å². The molecule has 0 saturated carbocycles. The van der Waals surface area contributed by atoms with Crippen LogP contribution in [-0.2, 0) is 0 Å². The highest BCUT2D eigenvalue weighted by molar-refractivity contribution is 7.27. The molecule has 0 unspecified atom stereocenters. The molecule has 4 heteroatoms. The summed E-state index contributed by atoms with van der Waals surface area (Å²) in [5.41, 5.74) is 13.2. The lowest BCUT2D eigenvalue weighted by Gasteiger charge is -2.40. The van der Waals surface area contributed by atoms with Crippen LogP contribution in [0.4, 0.5) is 17.1 Å². The predicted molar refractivity (Wildman–Crippen MR) is 160 cm³/mol. The molecule has 7 aromatic rings. The van der Waals surface area contributed by atoms with Gasteiger partial charge >= 0.3 is 6.85 Å². The van der Waals surface area contributed by atoms with Crippen LogP contribution in [0.2, 0.25) is 0 Å². The Kier molecular flexibility index (Phi) is 3.72. The van der Waals surface area contributed by atoms with Crippen LogP contribution in [0.25, 0.3) is 42.3 Å². The molecule has 0 saturated heterocycles. The number of anilines is 3. The van der Waals surface area contributed by atoms with Gasteiger partial charge in [0, 0.05) is 43.6 Å². The van der Waals surface area contributed by atoms with Gasteiger partial charge in [-0.25, -0.2) is 0 Å². The van der Waals surface area contributed by atoms with Crippen LogP contribution in [0.3, 0.4) is 0 Å². The number of aryl methyl sites for hydroxylation is 1. The maximum Gasteiger partial charge on any atom is 0.333 e. The Labute approximate surface area is 219 Å². The number of benzene rings is 5. The SMILES string of the molecule is Cc1cc2c3c(c1)N(c1ccccc1)c1ccccc1B3n1c3c-2cccc3c2sc3ccccc3c21. The second kappa shape index (κ2) is 6.93. The van der Waals surface area contributed by atoms with Crippen LogP contribution in [0.15, 0.2) is 109 Å². The fraction of sp³-hybridized carbons (Fsp3) is 0.0303. The van der Waals surface area contributed by atoms with Gasteiger partial charge in [0.2, 0.25) is 0 Å². The Bertz CT molecular complexity index is 2070. The van der Waals surface area contributed by atoms with E-state index in [1.165, 1.54) is 75.9 Å². The third-order valence-electron chi connectivity index (χ3n) is 8.18. The van der Waals surface area contributed by atoms with Crippen molar-refractivity contribution in [1.82, 2.24) is 4.48 Å². The third kappa shape index (κ3) is 2.42. The number of fused-ring (bicyclic) bond motifs is 9. The molecule has 0 N–H and O–H groups in total. The minimum atomic E-state index is 0.120. The average Bonchev–Trinajstić information content (AvgIpc) is 3.47. The molecule has 0 amide bonds. The Morgan fingerprint density at radius 2 is 1.43 bits per heavy atom. The number of hydrogen-bond donors (Lipinski definition) is 0. The standard InChI is InChI=1S/C33H21BN2S/c1-20-18-25-22-13-9-14-24-31(22)36(32-23-12-5-8-17-29(23)37-33(24)32)34-26-15-6-7-16-27(26)35(28(19-20)30(25)34)21-10-3-2-4-11-21/h2-19H,1H3. The lowest BCUT2D eigenvalue weighted by atomic mass is 9.45. The van der Waals surface area contributed by atoms with Crippen LogP contribution in [0.5, 0.6) is 0 Å². The van der Waals surface area contributed by atoms with Gasteiger partial charge in [0.05, 0.1) is 10.2 Å². The summed E-state index contributed by atoms with van der Waals surface area (Å²) in [5, 5.41) is 2.72. The summed E-state index contributed by atoms with van der Waals surface area (Å²) in [6, 6.07) is 40.4. The van der Waals surface area contributed by atoms with Crippen molar-refractivity contribution in [3.8, 4) is 11.1 Å². The van der Waals surface area contributed by atoms with E-state index in [1.54, 1.807) is 0 Å². The topological polar surface area (TPSA) is 8.17 Å². The monoisotopic (exact) mass is 488 g/mol. The number of rotatable bonds is 1.